The molecule has 0 atom stereocenters. The number of methoxy groups -OCH3 is 1. The highest BCUT2D eigenvalue weighted by Crippen LogP contribution is 2.28. The monoisotopic (exact) mass is 489 g/mol. The Morgan fingerprint density at radius 3 is 2.42 bits per heavy atom. The van der Waals surface area contributed by atoms with E-state index >= 15 is 0 Å². The lowest BCUT2D eigenvalue weighted by molar-refractivity contribution is -0.113. The molecule has 1 aromatic carbocycles. The average Bonchev–Trinajstić information content (AvgIpc) is 3.22. The van der Waals surface area contributed by atoms with E-state index in [1.54, 1.807) is 28.8 Å². The van der Waals surface area contributed by atoms with Crippen molar-refractivity contribution in [3.63, 3.8) is 0 Å². The predicted molar refractivity (Wildman–Crippen MR) is 133 cm³/mol. The molecule has 11 heteroatoms. The van der Waals surface area contributed by atoms with Crippen molar-refractivity contribution in [1.29, 1.82) is 0 Å². The van der Waals surface area contributed by atoms with Crippen molar-refractivity contribution in [3.05, 3.63) is 40.2 Å². The predicted octanol–water partition coefficient (Wildman–Crippen LogP) is 3.80. The summed E-state index contributed by atoms with van der Waals surface area (Å²) in [6, 6.07) is 6.30. The summed E-state index contributed by atoms with van der Waals surface area (Å²) in [6.07, 6.45) is 0. The van der Waals surface area contributed by atoms with Crippen LogP contribution in [0.15, 0.2) is 34.2 Å². The smallest absolute Gasteiger partial charge is 0.337 e. The van der Waals surface area contributed by atoms with Gasteiger partial charge < -0.3 is 15.0 Å². The Bertz CT molecular complexity index is 1200. The number of anilines is 2. The number of rotatable bonds is 9. The molecule has 2 heterocycles. The third-order valence-corrected chi connectivity index (χ3v) is 6.94. The molecule has 0 aliphatic carbocycles. The number of nitrogens with zero attached hydrogens (tertiary/aromatic N) is 4. The lowest BCUT2D eigenvalue weighted by Crippen LogP contribution is -2.25. The zero-order chi connectivity index (χ0) is 24.1. The van der Waals surface area contributed by atoms with E-state index < -0.39 is 5.97 Å². The van der Waals surface area contributed by atoms with Crippen molar-refractivity contribution in [2.75, 3.05) is 36.2 Å². The molecule has 0 aliphatic rings. The van der Waals surface area contributed by atoms with Gasteiger partial charge in [0.15, 0.2) is 15.9 Å². The average molecular weight is 490 g/mol. The van der Waals surface area contributed by atoms with Gasteiger partial charge in [0.1, 0.15) is 4.70 Å². The SMILES string of the molecule is CCN(CC)c1nc2nc(SCC(=O)Nc3ccc(C(=O)OC)cc3)n(C(C)C)c(=O)c2s1. The molecule has 0 radical (unpaired) electrons. The Kier molecular flexibility index (Phi) is 8.09. The number of carbonyl (C=O) groups is 2. The molecule has 33 heavy (non-hydrogen) atoms. The second-order valence-corrected chi connectivity index (χ2v) is 9.31. The normalized spacial score (nSPS) is 11.1. The number of hydrogen-bond acceptors (Lipinski definition) is 9. The van der Waals surface area contributed by atoms with E-state index in [1.165, 1.54) is 30.2 Å². The van der Waals surface area contributed by atoms with Crippen LogP contribution in [-0.4, -0.2) is 52.4 Å². The maximum absolute atomic E-state index is 13.2. The summed E-state index contributed by atoms with van der Waals surface area (Å²) >= 11 is 2.54. The molecule has 0 unspecified atom stereocenters. The number of thioether (sulfide) groups is 1. The minimum atomic E-state index is -0.442. The van der Waals surface area contributed by atoms with E-state index in [0.717, 1.165) is 18.2 Å². The molecule has 176 valence electrons. The molecule has 0 saturated carbocycles. The van der Waals surface area contributed by atoms with Gasteiger partial charge in [-0.2, -0.15) is 4.98 Å². The number of esters is 1. The van der Waals surface area contributed by atoms with E-state index in [9.17, 15) is 14.4 Å². The maximum atomic E-state index is 13.2. The van der Waals surface area contributed by atoms with E-state index in [0.29, 0.717) is 26.8 Å². The van der Waals surface area contributed by atoms with Gasteiger partial charge in [-0.05, 0) is 52.0 Å². The first kappa shape index (κ1) is 24.7. The summed E-state index contributed by atoms with van der Waals surface area (Å²) in [4.78, 5) is 48.5. The van der Waals surface area contributed by atoms with Crippen LogP contribution in [0.25, 0.3) is 10.3 Å². The number of amides is 1. The molecule has 0 fully saturated rings. The molecular formula is C22H27N5O4S2. The zero-order valence-corrected chi connectivity index (χ0v) is 20.9. The summed E-state index contributed by atoms with van der Waals surface area (Å²) in [7, 11) is 1.31. The van der Waals surface area contributed by atoms with Crippen LogP contribution in [0.1, 0.15) is 44.1 Å². The summed E-state index contributed by atoms with van der Waals surface area (Å²) in [6.45, 7) is 9.48. The molecule has 3 rings (SSSR count). The van der Waals surface area contributed by atoms with Crippen LogP contribution < -0.4 is 15.8 Å². The summed E-state index contributed by atoms with van der Waals surface area (Å²) in [5.74, 6) is -0.628. The molecule has 0 bridgehead atoms. The van der Waals surface area contributed by atoms with E-state index in [4.69, 9.17) is 0 Å². The van der Waals surface area contributed by atoms with E-state index in [2.05, 4.69) is 24.9 Å². The molecular weight excluding hydrogens is 462 g/mol. The van der Waals surface area contributed by atoms with Crippen LogP contribution in [0.4, 0.5) is 10.8 Å². The maximum Gasteiger partial charge on any atom is 0.337 e. The highest BCUT2D eigenvalue weighted by molar-refractivity contribution is 7.99. The molecule has 0 saturated heterocycles. The molecule has 1 N–H and O–H groups in total. The van der Waals surface area contributed by atoms with Crippen molar-refractivity contribution in [1.82, 2.24) is 14.5 Å². The number of thiazole rings is 1. The van der Waals surface area contributed by atoms with Gasteiger partial charge in [-0.25, -0.2) is 9.78 Å². The fraction of sp³-hybridized carbons (Fsp3) is 0.409. The van der Waals surface area contributed by atoms with Gasteiger partial charge >= 0.3 is 5.97 Å². The third-order valence-electron chi connectivity index (χ3n) is 4.89. The zero-order valence-electron chi connectivity index (χ0n) is 19.2. The van der Waals surface area contributed by atoms with Gasteiger partial charge in [-0.3, -0.25) is 14.2 Å². The molecule has 0 spiro atoms. The largest absolute Gasteiger partial charge is 0.465 e. The standard InChI is InChI=1S/C22H27N5O4S2/c1-6-26(7-2)21-24-18-17(33-21)19(29)27(13(3)4)22(25-18)32-12-16(28)23-15-10-8-14(9-11-15)20(30)31-5/h8-11,13H,6-7,12H2,1-5H3,(H,23,28). The van der Waals surface area contributed by atoms with E-state index in [1.807, 2.05) is 27.7 Å². The summed E-state index contributed by atoms with van der Waals surface area (Å²) in [5, 5.41) is 4.01. The Morgan fingerprint density at radius 1 is 1.18 bits per heavy atom. The second-order valence-electron chi connectivity index (χ2n) is 7.39. The Hall–Kier alpha value is -2.92. The van der Waals surface area contributed by atoms with Gasteiger partial charge in [0.25, 0.3) is 5.56 Å². The number of ether oxygens (including phenoxy) is 1. The highest BCUT2D eigenvalue weighted by atomic mass is 32.2. The fourth-order valence-corrected chi connectivity index (χ4v) is 5.16. The van der Waals surface area contributed by atoms with Crippen LogP contribution in [0.5, 0.6) is 0 Å². The van der Waals surface area contributed by atoms with Crippen molar-refractivity contribution in [3.8, 4) is 0 Å². The van der Waals surface area contributed by atoms with Gasteiger partial charge in [-0.1, -0.05) is 23.1 Å². The van der Waals surface area contributed by atoms with Crippen molar-refractivity contribution in [2.24, 2.45) is 0 Å². The second kappa shape index (κ2) is 10.8. The Balaban J connectivity index is 1.80. The number of hydrogen-bond donors (Lipinski definition) is 1. The molecule has 9 nitrogen and oxygen atoms in total. The number of fused-ring (bicyclic) bond motifs is 1. The minimum Gasteiger partial charge on any atom is -0.465 e. The molecule has 2 aromatic heterocycles. The van der Waals surface area contributed by atoms with Crippen LogP contribution >= 0.6 is 23.1 Å². The molecule has 0 aliphatic heterocycles. The van der Waals surface area contributed by atoms with Crippen LogP contribution in [0.2, 0.25) is 0 Å². The fourth-order valence-electron chi connectivity index (χ4n) is 3.18. The van der Waals surface area contributed by atoms with Crippen molar-refractivity contribution in [2.45, 2.75) is 38.9 Å². The van der Waals surface area contributed by atoms with Crippen LogP contribution in [-0.2, 0) is 9.53 Å². The topological polar surface area (TPSA) is 106 Å². The highest BCUT2D eigenvalue weighted by Gasteiger charge is 2.20. The first-order valence-corrected chi connectivity index (χ1v) is 12.4. The number of benzene rings is 1. The first-order valence-electron chi connectivity index (χ1n) is 10.6. The first-order chi connectivity index (χ1) is 15.8. The number of carbonyl (C=O) groups excluding carboxylic acids is 2. The third kappa shape index (κ3) is 5.53. The Labute approximate surface area is 200 Å². The summed E-state index contributed by atoms with van der Waals surface area (Å²) in [5.41, 5.74) is 1.22. The van der Waals surface area contributed by atoms with Gasteiger partial charge in [0, 0.05) is 24.8 Å². The van der Waals surface area contributed by atoms with E-state index in [-0.39, 0.29) is 23.3 Å². The molecule has 3 aromatic rings. The minimum absolute atomic E-state index is 0.0659. The number of nitrogens with one attached hydrogen (secondary N) is 1. The van der Waals surface area contributed by atoms with Crippen LogP contribution in [0, 0.1) is 0 Å². The Morgan fingerprint density at radius 2 is 1.85 bits per heavy atom. The van der Waals surface area contributed by atoms with Gasteiger partial charge in [-0.15, -0.1) is 0 Å². The van der Waals surface area contributed by atoms with Gasteiger partial charge in [0.2, 0.25) is 5.91 Å². The van der Waals surface area contributed by atoms with Crippen molar-refractivity contribution < 1.29 is 14.3 Å². The number of aromatic nitrogens is 3. The van der Waals surface area contributed by atoms with Crippen molar-refractivity contribution >= 4 is 56.1 Å². The lowest BCUT2D eigenvalue weighted by atomic mass is 10.2. The summed E-state index contributed by atoms with van der Waals surface area (Å²) < 4.78 is 6.80. The molecule has 1 amide bonds. The van der Waals surface area contributed by atoms with Crippen LogP contribution in [0.3, 0.4) is 0 Å². The van der Waals surface area contributed by atoms with Gasteiger partial charge in [0.05, 0.1) is 18.4 Å². The lowest BCUT2D eigenvalue weighted by Gasteiger charge is -2.15. The quantitative estimate of drug-likeness (QED) is 0.275.